The zero-order valence-corrected chi connectivity index (χ0v) is 16.9. The summed E-state index contributed by atoms with van der Waals surface area (Å²) in [4.78, 5) is -0.382. The van der Waals surface area contributed by atoms with Gasteiger partial charge >= 0.3 is 0 Å². The molecule has 0 fully saturated rings. The second kappa shape index (κ2) is 8.02. The van der Waals surface area contributed by atoms with E-state index in [1.165, 1.54) is 0 Å². The number of benzene rings is 2. The number of rotatable bonds is 5. The predicted molar refractivity (Wildman–Crippen MR) is 99.9 cm³/mol. The molecular formula is C16H8Cl3F4N3O2S. The van der Waals surface area contributed by atoms with E-state index in [4.69, 9.17) is 34.8 Å². The Bertz CT molecular complexity index is 1190. The van der Waals surface area contributed by atoms with Crippen LogP contribution in [0.4, 0.5) is 23.4 Å². The van der Waals surface area contributed by atoms with E-state index in [0.717, 1.165) is 29.1 Å². The molecule has 0 spiro atoms. The van der Waals surface area contributed by atoms with Gasteiger partial charge in [0, 0.05) is 18.3 Å². The van der Waals surface area contributed by atoms with Crippen LogP contribution < -0.4 is 4.72 Å². The first-order chi connectivity index (χ1) is 13.5. The summed E-state index contributed by atoms with van der Waals surface area (Å²) in [5.74, 6) is -6.54. The minimum Gasteiger partial charge on any atom is -0.266 e. The maximum absolute atomic E-state index is 13.8. The molecule has 0 aliphatic carbocycles. The Morgan fingerprint density at radius 2 is 1.52 bits per heavy atom. The first-order valence-electron chi connectivity index (χ1n) is 7.52. The van der Waals surface area contributed by atoms with E-state index in [9.17, 15) is 26.0 Å². The molecule has 0 aliphatic heterocycles. The van der Waals surface area contributed by atoms with Crippen molar-refractivity contribution in [3.63, 3.8) is 0 Å². The quantitative estimate of drug-likeness (QED) is 0.394. The molecule has 1 N–H and O–H groups in total. The van der Waals surface area contributed by atoms with E-state index in [0.29, 0.717) is 0 Å². The lowest BCUT2D eigenvalue weighted by atomic mass is 10.2. The number of nitrogens with one attached hydrogen (secondary N) is 1. The fraction of sp³-hybridized carbons (Fsp3) is 0.0625. The van der Waals surface area contributed by atoms with Crippen LogP contribution in [0.1, 0.15) is 5.56 Å². The number of nitrogens with zero attached hydrogens (tertiary/aromatic N) is 2. The van der Waals surface area contributed by atoms with E-state index in [2.05, 4.69) is 9.82 Å². The molecular weight excluding hydrogens is 481 g/mol. The zero-order valence-electron chi connectivity index (χ0n) is 13.9. The third-order valence-corrected chi connectivity index (χ3v) is 6.21. The van der Waals surface area contributed by atoms with Crippen molar-refractivity contribution in [2.24, 2.45) is 0 Å². The predicted octanol–water partition coefficient (Wildman–Crippen LogP) is 5.25. The van der Waals surface area contributed by atoms with Gasteiger partial charge in [-0.1, -0.05) is 34.8 Å². The van der Waals surface area contributed by atoms with E-state index in [-0.39, 0.29) is 31.8 Å². The molecule has 0 atom stereocenters. The summed E-state index contributed by atoms with van der Waals surface area (Å²) in [6.45, 7) is -0.693. The molecule has 0 bridgehead atoms. The third-order valence-electron chi connectivity index (χ3n) is 3.67. The lowest BCUT2D eigenvalue weighted by Crippen LogP contribution is -2.15. The monoisotopic (exact) mass is 487 g/mol. The van der Waals surface area contributed by atoms with Gasteiger partial charge in [-0.25, -0.2) is 26.0 Å². The highest BCUT2D eigenvalue weighted by Crippen LogP contribution is 2.32. The van der Waals surface area contributed by atoms with Crippen molar-refractivity contribution in [1.29, 1.82) is 0 Å². The maximum Gasteiger partial charge on any atom is 0.264 e. The number of aromatic nitrogens is 2. The van der Waals surface area contributed by atoms with Crippen molar-refractivity contribution in [2.45, 2.75) is 11.4 Å². The Labute approximate surface area is 176 Å². The van der Waals surface area contributed by atoms with Crippen LogP contribution in [-0.4, -0.2) is 18.2 Å². The number of sulfonamides is 1. The van der Waals surface area contributed by atoms with Crippen LogP contribution in [0.5, 0.6) is 0 Å². The van der Waals surface area contributed by atoms with Gasteiger partial charge in [-0.3, -0.25) is 9.40 Å². The molecule has 1 heterocycles. The standard InChI is InChI=1S/C16H8Cl3F4N3O2S/c17-8-3-10(19)13(4-9(8)18)29(27,28)25-14-1-2-26(24-14)6-7-15(22)11(20)5-12(21)16(7)23/h1-5H,6H2,(H,24,25). The highest BCUT2D eigenvalue weighted by molar-refractivity contribution is 7.92. The molecule has 29 heavy (non-hydrogen) atoms. The van der Waals surface area contributed by atoms with Crippen molar-refractivity contribution < 1.29 is 26.0 Å². The van der Waals surface area contributed by atoms with Crippen LogP contribution in [0, 0.1) is 23.3 Å². The van der Waals surface area contributed by atoms with Gasteiger partial charge in [0.1, 0.15) is 4.90 Å². The van der Waals surface area contributed by atoms with Gasteiger partial charge in [0.05, 0.1) is 27.2 Å². The Morgan fingerprint density at radius 3 is 2.14 bits per heavy atom. The van der Waals surface area contributed by atoms with Crippen LogP contribution in [-0.2, 0) is 16.6 Å². The molecule has 5 nitrogen and oxygen atoms in total. The van der Waals surface area contributed by atoms with Crippen molar-refractivity contribution in [2.75, 3.05) is 4.72 Å². The van der Waals surface area contributed by atoms with Crippen LogP contribution in [0.25, 0.3) is 0 Å². The Hall–Kier alpha value is -2.01. The Balaban J connectivity index is 1.87. The fourth-order valence-corrected chi connectivity index (χ4v) is 4.33. The minimum absolute atomic E-state index is 0.0475. The van der Waals surface area contributed by atoms with Gasteiger partial charge in [0.2, 0.25) is 0 Å². The highest BCUT2D eigenvalue weighted by atomic mass is 35.5. The lowest BCUT2D eigenvalue weighted by Gasteiger charge is -2.09. The van der Waals surface area contributed by atoms with Crippen LogP contribution in [0.2, 0.25) is 15.1 Å². The molecule has 0 saturated carbocycles. The molecule has 3 rings (SSSR count). The van der Waals surface area contributed by atoms with E-state index in [1.54, 1.807) is 0 Å². The normalized spacial score (nSPS) is 11.7. The Morgan fingerprint density at radius 1 is 0.931 bits per heavy atom. The van der Waals surface area contributed by atoms with E-state index >= 15 is 0 Å². The number of halogens is 7. The SMILES string of the molecule is O=S(=O)(Nc1ccn(Cc2c(F)c(F)cc(F)c2F)n1)c1cc(Cl)c(Cl)cc1Cl. The topological polar surface area (TPSA) is 64.0 Å². The van der Waals surface area contributed by atoms with Crippen molar-refractivity contribution in [1.82, 2.24) is 9.78 Å². The number of hydrogen-bond donors (Lipinski definition) is 1. The highest BCUT2D eigenvalue weighted by Gasteiger charge is 2.22. The van der Waals surface area contributed by atoms with Crippen molar-refractivity contribution in [3.8, 4) is 0 Å². The van der Waals surface area contributed by atoms with Gasteiger partial charge in [0.25, 0.3) is 10.0 Å². The molecule has 0 aliphatic rings. The summed E-state index contributed by atoms with van der Waals surface area (Å²) in [6, 6.07) is 3.42. The van der Waals surface area contributed by atoms with Crippen LogP contribution >= 0.6 is 34.8 Å². The molecule has 13 heteroatoms. The van der Waals surface area contributed by atoms with Crippen LogP contribution in [0.3, 0.4) is 0 Å². The third kappa shape index (κ3) is 4.45. The lowest BCUT2D eigenvalue weighted by molar-refractivity contribution is 0.431. The summed E-state index contributed by atoms with van der Waals surface area (Å²) in [7, 11) is -4.24. The van der Waals surface area contributed by atoms with Gasteiger partial charge in [-0.2, -0.15) is 5.10 Å². The molecule has 0 saturated heterocycles. The summed E-state index contributed by atoms with van der Waals surface area (Å²) >= 11 is 17.5. The fourth-order valence-electron chi connectivity index (χ4n) is 2.33. The maximum atomic E-state index is 13.8. The van der Waals surface area contributed by atoms with Gasteiger partial charge in [-0.15, -0.1) is 0 Å². The molecule has 154 valence electrons. The summed E-state index contributed by atoms with van der Waals surface area (Å²) in [5, 5.41) is 3.56. The second-order valence-electron chi connectivity index (χ2n) is 5.65. The van der Waals surface area contributed by atoms with Gasteiger partial charge < -0.3 is 0 Å². The van der Waals surface area contributed by atoms with Crippen molar-refractivity contribution >= 4 is 50.6 Å². The minimum atomic E-state index is -4.24. The first kappa shape index (κ1) is 21.7. The van der Waals surface area contributed by atoms with Crippen LogP contribution in [0.15, 0.2) is 35.4 Å². The molecule has 2 aromatic carbocycles. The molecule has 0 radical (unpaired) electrons. The summed E-state index contributed by atoms with van der Waals surface area (Å²) < 4.78 is 82.1. The first-order valence-corrected chi connectivity index (χ1v) is 10.1. The number of hydrogen-bond acceptors (Lipinski definition) is 3. The van der Waals surface area contributed by atoms with E-state index in [1.807, 2.05) is 0 Å². The molecule has 3 aromatic rings. The smallest absolute Gasteiger partial charge is 0.264 e. The Kier molecular flexibility index (Phi) is 6.00. The molecule has 0 amide bonds. The molecule has 1 aromatic heterocycles. The largest absolute Gasteiger partial charge is 0.266 e. The zero-order chi connectivity index (χ0) is 21.5. The van der Waals surface area contributed by atoms with E-state index < -0.39 is 45.4 Å². The molecule has 0 unspecified atom stereocenters. The summed E-state index contributed by atoms with van der Waals surface area (Å²) in [5.41, 5.74) is -0.910. The van der Waals surface area contributed by atoms with Gasteiger partial charge in [0.15, 0.2) is 29.1 Å². The second-order valence-corrected chi connectivity index (χ2v) is 8.52. The average molecular weight is 489 g/mol. The average Bonchev–Trinajstić information content (AvgIpc) is 3.06. The summed E-state index contributed by atoms with van der Waals surface area (Å²) in [6.07, 6.45) is 1.15. The van der Waals surface area contributed by atoms with Gasteiger partial charge in [-0.05, 0) is 12.1 Å². The van der Waals surface area contributed by atoms with Crippen molar-refractivity contribution in [3.05, 3.63) is 74.4 Å². The number of anilines is 1.